The molecule has 0 aliphatic carbocycles. The summed E-state index contributed by atoms with van der Waals surface area (Å²) in [5.41, 5.74) is 2.71. The van der Waals surface area contributed by atoms with E-state index in [-0.39, 0.29) is 11.8 Å². The molecule has 0 aliphatic heterocycles. The van der Waals surface area contributed by atoms with Gasteiger partial charge in [-0.2, -0.15) is 0 Å². The molecule has 0 heterocycles. The van der Waals surface area contributed by atoms with Crippen LogP contribution in [-0.2, 0) is 17.9 Å². The average molecular weight is 356 g/mol. The number of amides is 2. The Hall–Kier alpha value is -2.86. The normalized spacial score (nSPS) is 11.5. The molecule has 0 radical (unpaired) electrons. The fourth-order valence-corrected chi connectivity index (χ4v) is 2.65. The zero-order valence-corrected chi connectivity index (χ0v) is 15.5. The first-order valence-corrected chi connectivity index (χ1v) is 8.53. The standard InChI is InChI=1S/C20H25N3O3/c1-21-20(25)17-9-7-15(8-10-17)13-23(2)14-19(24)22-12-16-5-4-6-18(11-16)26-3/h4-11H,12-14H2,1-3H3,(H,21,25)(H,22,24)/p+1. The minimum absolute atomic E-state index is 0.00713. The maximum Gasteiger partial charge on any atom is 0.275 e. The van der Waals surface area contributed by atoms with Gasteiger partial charge < -0.3 is 20.3 Å². The molecule has 0 aliphatic rings. The van der Waals surface area contributed by atoms with E-state index in [2.05, 4.69) is 10.6 Å². The van der Waals surface area contributed by atoms with Gasteiger partial charge in [-0.1, -0.05) is 24.3 Å². The Kier molecular flexibility index (Phi) is 7.17. The highest BCUT2D eigenvalue weighted by Crippen LogP contribution is 2.11. The quantitative estimate of drug-likeness (QED) is 0.641. The van der Waals surface area contributed by atoms with Crippen LogP contribution < -0.4 is 20.3 Å². The van der Waals surface area contributed by atoms with Gasteiger partial charge in [0.1, 0.15) is 12.3 Å². The molecule has 0 bridgehead atoms. The second-order valence-corrected chi connectivity index (χ2v) is 6.21. The van der Waals surface area contributed by atoms with Gasteiger partial charge in [0.2, 0.25) is 0 Å². The largest absolute Gasteiger partial charge is 0.497 e. The van der Waals surface area contributed by atoms with Crippen molar-refractivity contribution < 1.29 is 19.2 Å². The Balaban J connectivity index is 1.80. The van der Waals surface area contributed by atoms with Crippen LogP contribution in [0.5, 0.6) is 5.75 Å². The molecule has 2 aromatic carbocycles. The summed E-state index contributed by atoms with van der Waals surface area (Å²) >= 11 is 0. The SMILES string of the molecule is CNC(=O)c1ccc(C[NH+](C)CC(=O)NCc2cccc(OC)c2)cc1. The third kappa shape index (κ3) is 5.89. The second-order valence-electron chi connectivity index (χ2n) is 6.21. The molecule has 1 atom stereocenters. The summed E-state index contributed by atoms with van der Waals surface area (Å²) < 4.78 is 5.18. The highest BCUT2D eigenvalue weighted by Gasteiger charge is 2.11. The number of rotatable bonds is 8. The summed E-state index contributed by atoms with van der Waals surface area (Å²) in [4.78, 5) is 24.8. The number of likely N-dealkylation sites (N-methyl/N-ethyl adjacent to an activating group) is 1. The van der Waals surface area contributed by atoms with Gasteiger partial charge in [-0.3, -0.25) is 9.59 Å². The first-order valence-electron chi connectivity index (χ1n) is 8.53. The number of hydrogen-bond acceptors (Lipinski definition) is 3. The predicted octanol–water partition coefficient (Wildman–Crippen LogP) is 0.386. The monoisotopic (exact) mass is 356 g/mol. The van der Waals surface area contributed by atoms with Crippen LogP contribution in [0.1, 0.15) is 21.5 Å². The zero-order valence-electron chi connectivity index (χ0n) is 15.5. The topological polar surface area (TPSA) is 71.9 Å². The average Bonchev–Trinajstić information content (AvgIpc) is 2.66. The number of methoxy groups -OCH3 is 1. The van der Waals surface area contributed by atoms with E-state index in [0.717, 1.165) is 21.8 Å². The van der Waals surface area contributed by atoms with Crippen LogP contribution in [0.2, 0.25) is 0 Å². The number of hydrogen-bond donors (Lipinski definition) is 3. The van der Waals surface area contributed by atoms with E-state index in [0.29, 0.717) is 25.2 Å². The van der Waals surface area contributed by atoms with Gasteiger partial charge in [-0.15, -0.1) is 0 Å². The van der Waals surface area contributed by atoms with Crippen LogP contribution in [0.25, 0.3) is 0 Å². The second kappa shape index (κ2) is 9.58. The highest BCUT2D eigenvalue weighted by molar-refractivity contribution is 5.93. The lowest BCUT2D eigenvalue weighted by Crippen LogP contribution is -3.08. The van der Waals surface area contributed by atoms with Crippen LogP contribution in [0.3, 0.4) is 0 Å². The Labute approximate surface area is 154 Å². The molecule has 0 fully saturated rings. The van der Waals surface area contributed by atoms with Crippen molar-refractivity contribution in [3.63, 3.8) is 0 Å². The lowest BCUT2D eigenvalue weighted by Gasteiger charge is -2.14. The Morgan fingerprint density at radius 2 is 1.81 bits per heavy atom. The third-order valence-corrected chi connectivity index (χ3v) is 4.04. The van der Waals surface area contributed by atoms with Crippen molar-refractivity contribution in [2.75, 3.05) is 27.7 Å². The zero-order chi connectivity index (χ0) is 18.9. The van der Waals surface area contributed by atoms with Crippen molar-refractivity contribution in [3.05, 3.63) is 65.2 Å². The van der Waals surface area contributed by atoms with Gasteiger partial charge in [-0.05, 0) is 29.8 Å². The van der Waals surface area contributed by atoms with E-state index in [1.54, 1.807) is 26.3 Å². The van der Waals surface area contributed by atoms with Crippen molar-refractivity contribution in [1.29, 1.82) is 0 Å². The summed E-state index contributed by atoms with van der Waals surface area (Å²) in [5.74, 6) is 0.668. The molecule has 0 spiro atoms. The molecule has 0 aromatic heterocycles. The molecular formula is C20H26N3O3+. The van der Waals surface area contributed by atoms with Gasteiger partial charge in [-0.25, -0.2) is 0 Å². The first-order chi connectivity index (χ1) is 12.5. The van der Waals surface area contributed by atoms with E-state index in [4.69, 9.17) is 4.74 Å². The van der Waals surface area contributed by atoms with Crippen LogP contribution in [0.4, 0.5) is 0 Å². The van der Waals surface area contributed by atoms with E-state index in [1.807, 2.05) is 43.4 Å². The number of nitrogens with one attached hydrogen (secondary N) is 3. The predicted molar refractivity (Wildman–Crippen MR) is 100 cm³/mol. The van der Waals surface area contributed by atoms with Crippen molar-refractivity contribution in [2.24, 2.45) is 0 Å². The van der Waals surface area contributed by atoms with Gasteiger partial charge >= 0.3 is 0 Å². The summed E-state index contributed by atoms with van der Waals surface area (Å²) in [6, 6.07) is 15.1. The van der Waals surface area contributed by atoms with Crippen LogP contribution in [0.15, 0.2) is 48.5 Å². The molecule has 26 heavy (non-hydrogen) atoms. The van der Waals surface area contributed by atoms with E-state index in [9.17, 15) is 9.59 Å². The van der Waals surface area contributed by atoms with Gasteiger partial charge in [0, 0.05) is 24.7 Å². The van der Waals surface area contributed by atoms with Crippen molar-refractivity contribution in [3.8, 4) is 5.75 Å². The number of carbonyl (C=O) groups excluding carboxylic acids is 2. The molecule has 1 unspecified atom stereocenters. The van der Waals surface area contributed by atoms with E-state index < -0.39 is 0 Å². The van der Waals surface area contributed by atoms with Crippen molar-refractivity contribution in [1.82, 2.24) is 10.6 Å². The fourth-order valence-electron chi connectivity index (χ4n) is 2.65. The van der Waals surface area contributed by atoms with Crippen LogP contribution in [-0.4, -0.2) is 39.6 Å². The molecule has 0 saturated carbocycles. The smallest absolute Gasteiger partial charge is 0.275 e. The number of carbonyl (C=O) groups is 2. The maximum atomic E-state index is 12.1. The van der Waals surface area contributed by atoms with Gasteiger partial charge in [0.25, 0.3) is 11.8 Å². The fraction of sp³-hybridized carbons (Fsp3) is 0.300. The summed E-state index contributed by atoms with van der Waals surface area (Å²) in [7, 11) is 5.20. The van der Waals surface area contributed by atoms with E-state index >= 15 is 0 Å². The molecule has 2 amide bonds. The minimum atomic E-state index is -0.103. The lowest BCUT2D eigenvalue weighted by atomic mass is 10.1. The maximum absolute atomic E-state index is 12.1. The number of ether oxygens (including phenoxy) is 1. The molecule has 6 heteroatoms. The van der Waals surface area contributed by atoms with Gasteiger partial charge in [0.15, 0.2) is 6.54 Å². The Morgan fingerprint density at radius 1 is 1.08 bits per heavy atom. The van der Waals surface area contributed by atoms with Crippen LogP contribution in [0, 0.1) is 0 Å². The van der Waals surface area contributed by atoms with E-state index in [1.165, 1.54) is 0 Å². The molecule has 0 saturated heterocycles. The van der Waals surface area contributed by atoms with Crippen LogP contribution >= 0.6 is 0 Å². The molecule has 6 nitrogen and oxygen atoms in total. The van der Waals surface area contributed by atoms with Gasteiger partial charge in [0.05, 0.1) is 14.2 Å². The number of benzene rings is 2. The number of quaternary nitrogens is 1. The molecule has 3 N–H and O–H groups in total. The highest BCUT2D eigenvalue weighted by atomic mass is 16.5. The lowest BCUT2D eigenvalue weighted by molar-refractivity contribution is -0.885. The first kappa shape index (κ1) is 19.5. The molecule has 2 rings (SSSR count). The Morgan fingerprint density at radius 3 is 2.46 bits per heavy atom. The third-order valence-electron chi connectivity index (χ3n) is 4.04. The van der Waals surface area contributed by atoms with Crippen molar-refractivity contribution >= 4 is 11.8 Å². The molecular weight excluding hydrogens is 330 g/mol. The van der Waals surface area contributed by atoms with Crippen molar-refractivity contribution in [2.45, 2.75) is 13.1 Å². The molecule has 138 valence electrons. The summed E-state index contributed by atoms with van der Waals surface area (Å²) in [5, 5.41) is 5.53. The summed E-state index contributed by atoms with van der Waals surface area (Å²) in [6.45, 7) is 1.56. The minimum Gasteiger partial charge on any atom is -0.497 e. The summed E-state index contributed by atoms with van der Waals surface area (Å²) in [6.07, 6.45) is 0. The molecule has 2 aromatic rings. The Bertz CT molecular complexity index is 744.